The average molecular weight is 328 g/mol. The fraction of sp³-hybridized carbons (Fsp3) is 0.500. The lowest BCUT2D eigenvalue weighted by atomic mass is 10.1. The van der Waals surface area contributed by atoms with E-state index in [-0.39, 0.29) is 36.8 Å². The Bertz CT molecular complexity index is 528. The summed E-state index contributed by atoms with van der Waals surface area (Å²) in [5.41, 5.74) is 0.336. The van der Waals surface area contributed by atoms with Crippen LogP contribution in [-0.4, -0.2) is 29.1 Å². The second kappa shape index (κ2) is 4.56. The van der Waals surface area contributed by atoms with E-state index in [1.54, 1.807) is 17.0 Å². The van der Waals surface area contributed by atoms with E-state index < -0.39 is 0 Å². The molecule has 0 aliphatic heterocycles. The monoisotopic (exact) mass is 327 g/mol. The Morgan fingerprint density at radius 3 is 2.79 bits per heavy atom. The van der Waals surface area contributed by atoms with Crippen molar-refractivity contribution in [3.8, 4) is 0 Å². The molecular formula is C14H15BrFNO2. The molecule has 2 aliphatic carbocycles. The molecule has 0 heterocycles. The number of halogens is 2. The molecule has 0 radical (unpaired) electrons. The summed E-state index contributed by atoms with van der Waals surface area (Å²) < 4.78 is 14.5. The van der Waals surface area contributed by atoms with Crippen LogP contribution in [0, 0.1) is 17.2 Å². The van der Waals surface area contributed by atoms with Crippen LogP contribution in [0.5, 0.6) is 0 Å². The molecule has 0 aromatic heterocycles. The van der Waals surface area contributed by atoms with Crippen LogP contribution in [0.2, 0.25) is 0 Å². The number of aliphatic hydroxyl groups excluding tert-OH is 1. The molecular weight excluding hydrogens is 313 g/mol. The molecule has 0 unspecified atom stereocenters. The van der Waals surface area contributed by atoms with Gasteiger partial charge < -0.3 is 10.0 Å². The first-order valence-electron chi connectivity index (χ1n) is 6.41. The third-order valence-corrected chi connectivity index (χ3v) is 4.63. The maximum absolute atomic E-state index is 13.7. The molecule has 1 amide bonds. The van der Waals surface area contributed by atoms with Gasteiger partial charge in [0.05, 0.1) is 12.0 Å². The average Bonchev–Trinajstić information content (AvgIpc) is 3.21. The van der Waals surface area contributed by atoms with Crippen LogP contribution in [0.15, 0.2) is 22.7 Å². The number of benzene rings is 1. The van der Waals surface area contributed by atoms with Gasteiger partial charge in [-0.1, -0.05) is 15.9 Å². The number of carbonyl (C=O) groups is 1. The molecule has 1 aromatic rings. The zero-order chi connectivity index (χ0) is 13.6. The van der Waals surface area contributed by atoms with Gasteiger partial charge in [0.2, 0.25) is 5.91 Å². The Hall–Kier alpha value is -0.940. The van der Waals surface area contributed by atoms with Gasteiger partial charge in [0.25, 0.3) is 0 Å². The lowest BCUT2D eigenvalue weighted by Gasteiger charge is -2.23. The molecule has 19 heavy (non-hydrogen) atoms. The van der Waals surface area contributed by atoms with E-state index in [0.717, 1.165) is 17.3 Å². The molecule has 0 saturated heterocycles. The number of amides is 1. The van der Waals surface area contributed by atoms with E-state index in [0.29, 0.717) is 11.5 Å². The highest BCUT2D eigenvalue weighted by Crippen LogP contribution is 2.76. The molecule has 1 aromatic carbocycles. The van der Waals surface area contributed by atoms with E-state index >= 15 is 0 Å². The van der Waals surface area contributed by atoms with Gasteiger partial charge >= 0.3 is 0 Å². The maximum Gasteiger partial charge on any atom is 0.229 e. The van der Waals surface area contributed by atoms with Crippen molar-refractivity contribution in [2.75, 3.05) is 13.2 Å². The van der Waals surface area contributed by atoms with Crippen molar-refractivity contribution in [1.82, 2.24) is 4.90 Å². The van der Waals surface area contributed by atoms with Crippen molar-refractivity contribution in [3.05, 3.63) is 34.1 Å². The van der Waals surface area contributed by atoms with Crippen LogP contribution in [0.4, 0.5) is 4.39 Å². The summed E-state index contributed by atoms with van der Waals surface area (Å²) in [6.45, 7) is 0.389. The second-order valence-electron chi connectivity index (χ2n) is 5.45. The van der Waals surface area contributed by atoms with E-state index in [4.69, 9.17) is 5.11 Å². The maximum atomic E-state index is 13.7. The number of hydrogen-bond acceptors (Lipinski definition) is 2. The summed E-state index contributed by atoms with van der Waals surface area (Å²) in [6, 6.07) is 4.70. The molecule has 1 N–H and O–H groups in total. The minimum Gasteiger partial charge on any atom is -0.395 e. The zero-order valence-corrected chi connectivity index (χ0v) is 12.0. The highest BCUT2D eigenvalue weighted by Gasteiger charge is 2.75. The Morgan fingerprint density at radius 1 is 1.53 bits per heavy atom. The van der Waals surface area contributed by atoms with Gasteiger partial charge in [0.15, 0.2) is 0 Å². The first kappa shape index (κ1) is 13.1. The van der Waals surface area contributed by atoms with Crippen LogP contribution in [0.1, 0.15) is 18.4 Å². The zero-order valence-electron chi connectivity index (χ0n) is 10.4. The predicted molar refractivity (Wildman–Crippen MR) is 71.8 cm³/mol. The highest BCUT2D eigenvalue weighted by atomic mass is 79.9. The molecule has 3 rings (SSSR count). The number of hydrogen-bond donors (Lipinski definition) is 1. The first-order chi connectivity index (χ1) is 9.06. The van der Waals surface area contributed by atoms with E-state index in [1.165, 1.54) is 6.07 Å². The quantitative estimate of drug-likeness (QED) is 0.901. The van der Waals surface area contributed by atoms with Crippen LogP contribution in [-0.2, 0) is 11.3 Å². The van der Waals surface area contributed by atoms with E-state index in [9.17, 15) is 9.18 Å². The van der Waals surface area contributed by atoms with Crippen LogP contribution in [0.3, 0.4) is 0 Å². The highest BCUT2D eigenvalue weighted by molar-refractivity contribution is 9.10. The Labute approximate surface area is 119 Å². The summed E-state index contributed by atoms with van der Waals surface area (Å²) in [4.78, 5) is 13.9. The molecule has 2 saturated carbocycles. The SMILES string of the molecule is O=C(N(CCO)Cc1cc(Br)ccc1F)C12CC1C2. The standard InChI is InChI=1S/C14H15BrFNO2/c15-11-1-2-12(16)9(5-11)8-17(3-4-18)13(19)14-6-10(14)7-14/h1-2,5,10,18H,3-4,6-8H2. The lowest BCUT2D eigenvalue weighted by molar-refractivity contribution is -0.136. The summed E-state index contributed by atoms with van der Waals surface area (Å²) in [5, 5.41) is 9.09. The van der Waals surface area contributed by atoms with Crippen molar-refractivity contribution >= 4 is 21.8 Å². The van der Waals surface area contributed by atoms with Crippen molar-refractivity contribution in [3.63, 3.8) is 0 Å². The number of aliphatic hydroxyl groups is 1. The van der Waals surface area contributed by atoms with Crippen molar-refractivity contribution in [2.24, 2.45) is 11.3 Å². The van der Waals surface area contributed by atoms with Crippen molar-refractivity contribution in [1.29, 1.82) is 0 Å². The number of nitrogens with zero attached hydrogens (tertiary/aromatic N) is 1. The number of rotatable bonds is 5. The van der Waals surface area contributed by atoms with Crippen LogP contribution < -0.4 is 0 Å². The number of carbonyl (C=O) groups excluding carboxylic acids is 1. The van der Waals surface area contributed by atoms with E-state index in [2.05, 4.69) is 15.9 Å². The molecule has 3 nitrogen and oxygen atoms in total. The fourth-order valence-corrected chi connectivity index (χ4v) is 3.02. The largest absolute Gasteiger partial charge is 0.395 e. The van der Waals surface area contributed by atoms with Crippen molar-refractivity contribution in [2.45, 2.75) is 19.4 Å². The van der Waals surface area contributed by atoms with Crippen LogP contribution in [0.25, 0.3) is 0 Å². The molecule has 0 atom stereocenters. The van der Waals surface area contributed by atoms with Gasteiger partial charge in [0, 0.05) is 23.1 Å². The minimum atomic E-state index is -0.320. The van der Waals surface area contributed by atoms with Gasteiger partial charge in [0.1, 0.15) is 5.82 Å². The summed E-state index contributed by atoms with van der Waals surface area (Å²) in [6.07, 6.45) is 1.93. The van der Waals surface area contributed by atoms with Crippen molar-refractivity contribution < 1.29 is 14.3 Å². The van der Waals surface area contributed by atoms with Gasteiger partial charge in [-0.05, 0) is 37.0 Å². The Morgan fingerprint density at radius 2 is 2.21 bits per heavy atom. The third kappa shape index (κ3) is 2.30. The number of fused-ring (bicyclic) bond motifs is 1. The molecule has 102 valence electrons. The molecule has 0 spiro atoms. The van der Waals surface area contributed by atoms with Gasteiger partial charge in [-0.15, -0.1) is 0 Å². The summed E-state index contributed by atoms with van der Waals surface area (Å²) >= 11 is 3.30. The smallest absolute Gasteiger partial charge is 0.229 e. The second-order valence-corrected chi connectivity index (χ2v) is 6.36. The Balaban J connectivity index is 1.77. The molecule has 2 aliphatic rings. The minimum absolute atomic E-state index is 0.0749. The summed E-state index contributed by atoms with van der Waals surface area (Å²) in [7, 11) is 0. The molecule has 0 bridgehead atoms. The normalized spacial score (nSPS) is 26.8. The van der Waals surface area contributed by atoms with Crippen LogP contribution >= 0.6 is 15.9 Å². The molecule has 2 fully saturated rings. The van der Waals surface area contributed by atoms with E-state index in [1.807, 2.05) is 0 Å². The fourth-order valence-electron chi connectivity index (χ4n) is 2.61. The van der Waals surface area contributed by atoms with Gasteiger partial charge in [-0.3, -0.25) is 4.79 Å². The first-order valence-corrected chi connectivity index (χ1v) is 7.20. The summed E-state index contributed by atoms with van der Waals surface area (Å²) in [5.74, 6) is 0.305. The van der Waals surface area contributed by atoms with Gasteiger partial charge in [-0.2, -0.15) is 0 Å². The Kier molecular flexibility index (Phi) is 3.14. The lowest BCUT2D eigenvalue weighted by Crippen LogP contribution is -2.36. The third-order valence-electron chi connectivity index (χ3n) is 4.13. The predicted octanol–water partition coefficient (Wildman–Crippen LogP) is 2.32. The molecule has 5 heteroatoms. The topological polar surface area (TPSA) is 40.5 Å². The van der Waals surface area contributed by atoms with Gasteiger partial charge in [-0.25, -0.2) is 4.39 Å².